The molecule has 0 aromatic heterocycles. The van der Waals surface area contributed by atoms with E-state index in [1.165, 1.54) is 0 Å². The van der Waals surface area contributed by atoms with E-state index < -0.39 is 12.0 Å². The number of amides is 1. The number of aliphatic carboxylic acids is 1. The maximum Gasteiger partial charge on any atom is 0.320 e. The van der Waals surface area contributed by atoms with E-state index in [1.807, 2.05) is 37.3 Å². The summed E-state index contributed by atoms with van der Waals surface area (Å²) < 4.78 is 0. The fraction of sp³-hybridized carbons (Fsp3) is 0.429. The van der Waals surface area contributed by atoms with Crippen molar-refractivity contribution in [2.24, 2.45) is 5.73 Å². The van der Waals surface area contributed by atoms with E-state index in [-0.39, 0.29) is 18.7 Å². The molecule has 1 rings (SSSR count). The zero-order valence-corrected chi connectivity index (χ0v) is 11.1. The second-order valence-corrected chi connectivity index (χ2v) is 4.38. The number of hydrogen-bond donors (Lipinski definition) is 2. The largest absolute Gasteiger partial charge is 0.480 e. The van der Waals surface area contributed by atoms with Crippen molar-refractivity contribution in [3.8, 4) is 0 Å². The number of carbonyl (C=O) groups is 2. The number of nitrogens with zero attached hydrogens (tertiary/aromatic N) is 1. The number of carboxylic acids is 1. The van der Waals surface area contributed by atoms with Crippen molar-refractivity contribution in [3.05, 3.63) is 35.9 Å². The molecule has 0 heterocycles. The lowest BCUT2D eigenvalue weighted by Gasteiger charge is -2.21. The van der Waals surface area contributed by atoms with Crippen LogP contribution in [0.3, 0.4) is 0 Å². The number of nitrogens with two attached hydrogens (primary N) is 1. The molecule has 1 amide bonds. The fourth-order valence-corrected chi connectivity index (χ4v) is 1.74. The van der Waals surface area contributed by atoms with Crippen LogP contribution in [-0.2, 0) is 16.1 Å². The van der Waals surface area contributed by atoms with Crippen molar-refractivity contribution in [1.29, 1.82) is 0 Å². The van der Waals surface area contributed by atoms with Gasteiger partial charge in [0.15, 0.2) is 0 Å². The predicted octanol–water partition coefficient (Wildman–Crippen LogP) is 1.23. The first-order valence-electron chi connectivity index (χ1n) is 6.34. The molecule has 19 heavy (non-hydrogen) atoms. The van der Waals surface area contributed by atoms with Gasteiger partial charge in [-0.2, -0.15) is 0 Å². The predicted molar refractivity (Wildman–Crippen MR) is 72.4 cm³/mol. The van der Waals surface area contributed by atoms with E-state index in [9.17, 15) is 9.59 Å². The van der Waals surface area contributed by atoms with E-state index in [0.29, 0.717) is 13.1 Å². The van der Waals surface area contributed by atoms with Crippen LogP contribution in [0.2, 0.25) is 0 Å². The molecule has 1 aromatic rings. The number of carboxylic acid groups (broad SMARTS) is 1. The first kappa shape index (κ1) is 15.2. The number of rotatable bonds is 7. The Morgan fingerprint density at radius 3 is 2.47 bits per heavy atom. The molecule has 0 radical (unpaired) electrons. The third kappa shape index (κ3) is 5.09. The zero-order chi connectivity index (χ0) is 14.3. The molecule has 0 aliphatic heterocycles. The van der Waals surface area contributed by atoms with Gasteiger partial charge in [0.2, 0.25) is 5.91 Å². The third-order valence-corrected chi connectivity index (χ3v) is 2.94. The molecule has 5 heteroatoms. The normalized spacial score (nSPS) is 11.9. The van der Waals surface area contributed by atoms with Gasteiger partial charge < -0.3 is 15.7 Å². The summed E-state index contributed by atoms with van der Waals surface area (Å²) in [6.07, 6.45) is 0.327. The van der Waals surface area contributed by atoms with Crippen LogP contribution in [0.15, 0.2) is 30.3 Å². The highest BCUT2D eigenvalue weighted by Gasteiger charge is 2.17. The topological polar surface area (TPSA) is 83.6 Å². The average Bonchev–Trinajstić information content (AvgIpc) is 2.42. The highest BCUT2D eigenvalue weighted by molar-refractivity contribution is 5.78. The van der Waals surface area contributed by atoms with E-state index >= 15 is 0 Å². The van der Waals surface area contributed by atoms with Crippen molar-refractivity contribution in [2.75, 3.05) is 6.54 Å². The molecule has 5 nitrogen and oxygen atoms in total. The maximum absolute atomic E-state index is 12.0. The summed E-state index contributed by atoms with van der Waals surface area (Å²) in [4.78, 5) is 24.3. The smallest absolute Gasteiger partial charge is 0.320 e. The van der Waals surface area contributed by atoms with Crippen LogP contribution >= 0.6 is 0 Å². The standard InChI is InChI=1S/C14H20N2O3/c1-2-16(10-11-6-4-3-5-7-11)13(17)9-8-12(15)14(18)19/h3-7,12H,2,8-10,15H2,1H3,(H,18,19). The van der Waals surface area contributed by atoms with E-state index in [0.717, 1.165) is 5.56 Å². The monoisotopic (exact) mass is 264 g/mol. The molecule has 0 saturated carbocycles. The molecular formula is C14H20N2O3. The molecule has 1 unspecified atom stereocenters. The Morgan fingerprint density at radius 2 is 1.95 bits per heavy atom. The van der Waals surface area contributed by atoms with Crippen LogP contribution in [0.1, 0.15) is 25.3 Å². The van der Waals surface area contributed by atoms with Crippen LogP contribution in [0.5, 0.6) is 0 Å². The Morgan fingerprint density at radius 1 is 1.32 bits per heavy atom. The number of hydrogen-bond acceptors (Lipinski definition) is 3. The third-order valence-electron chi connectivity index (χ3n) is 2.94. The molecule has 3 N–H and O–H groups in total. The maximum atomic E-state index is 12.0. The Kier molecular flexibility index (Phi) is 6.02. The lowest BCUT2D eigenvalue weighted by atomic mass is 10.1. The van der Waals surface area contributed by atoms with E-state index in [1.54, 1.807) is 4.90 Å². The van der Waals surface area contributed by atoms with Crippen molar-refractivity contribution in [3.63, 3.8) is 0 Å². The van der Waals surface area contributed by atoms with Crippen molar-refractivity contribution in [2.45, 2.75) is 32.4 Å². The van der Waals surface area contributed by atoms with Gasteiger partial charge >= 0.3 is 5.97 Å². The first-order valence-corrected chi connectivity index (χ1v) is 6.34. The van der Waals surface area contributed by atoms with Crippen LogP contribution < -0.4 is 5.73 Å². The summed E-state index contributed by atoms with van der Waals surface area (Å²) in [5.41, 5.74) is 6.44. The molecule has 0 spiro atoms. The Hall–Kier alpha value is -1.88. The molecule has 1 aromatic carbocycles. The molecule has 0 aliphatic carbocycles. The van der Waals surface area contributed by atoms with Gasteiger partial charge in [-0.05, 0) is 18.9 Å². The van der Waals surface area contributed by atoms with Crippen LogP contribution in [0, 0.1) is 0 Å². The summed E-state index contributed by atoms with van der Waals surface area (Å²) in [6.45, 7) is 3.03. The van der Waals surface area contributed by atoms with Crippen LogP contribution in [0.25, 0.3) is 0 Å². The Labute approximate surface area is 113 Å². The summed E-state index contributed by atoms with van der Waals surface area (Å²) in [6, 6.07) is 8.72. The van der Waals surface area contributed by atoms with Gasteiger partial charge in [0.25, 0.3) is 0 Å². The molecule has 0 bridgehead atoms. The van der Waals surface area contributed by atoms with Crippen molar-refractivity contribution in [1.82, 2.24) is 4.90 Å². The second kappa shape index (κ2) is 7.53. The van der Waals surface area contributed by atoms with Gasteiger partial charge in [0.05, 0.1) is 0 Å². The van der Waals surface area contributed by atoms with Gasteiger partial charge in [0, 0.05) is 19.5 Å². The second-order valence-electron chi connectivity index (χ2n) is 4.38. The van der Waals surface area contributed by atoms with E-state index in [4.69, 9.17) is 10.8 Å². The average molecular weight is 264 g/mol. The summed E-state index contributed by atoms with van der Waals surface area (Å²) in [5, 5.41) is 8.68. The minimum absolute atomic E-state index is 0.0666. The Bertz CT molecular complexity index is 420. The lowest BCUT2D eigenvalue weighted by molar-refractivity contribution is -0.139. The van der Waals surface area contributed by atoms with Gasteiger partial charge in [0.1, 0.15) is 6.04 Å². The summed E-state index contributed by atoms with van der Waals surface area (Å²) >= 11 is 0. The quantitative estimate of drug-likeness (QED) is 0.775. The van der Waals surface area contributed by atoms with Gasteiger partial charge in [-0.25, -0.2) is 0 Å². The van der Waals surface area contributed by atoms with Crippen molar-refractivity contribution < 1.29 is 14.7 Å². The summed E-state index contributed by atoms with van der Waals surface area (Å²) in [5.74, 6) is -1.14. The summed E-state index contributed by atoms with van der Waals surface area (Å²) in [7, 11) is 0. The Balaban J connectivity index is 2.50. The molecule has 0 saturated heterocycles. The molecular weight excluding hydrogens is 244 g/mol. The molecule has 0 fully saturated rings. The highest BCUT2D eigenvalue weighted by Crippen LogP contribution is 2.07. The van der Waals surface area contributed by atoms with Crippen LogP contribution in [-0.4, -0.2) is 34.5 Å². The van der Waals surface area contributed by atoms with Crippen LogP contribution in [0.4, 0.5) is 0 Å². The molecule has 104 valence electrons. The van der Waals surface area contributed by atoms with E-state index in [2.05, 4.69) is 0 Å². The van der Waals surface area contributed by atoms with Gasteiger partial charge in [-0.15, -0.1) is 0 Å². The first-order chi connectivity index (χ1) is 9.04. The van der Waals surface area contributed by atoms with Gasteiger partial charge in [-0.3, -0.25) is 9.59 Å². The minimum atomic E-state index is -1.07. The van der Waals surface area contributed by atoms with Crippen molar-refractivity contribution >= 4 is 11.9 Å². The zero-order valence-electron chi connectivity index (χ0n) is 11.1. The lowest BCUT2D eigenvalue weighted by Crippen LogP contribution is -2.34. The fourth-order valence-electron chi connectivity index (χ4n) is 1.74. The number of benzene rings is 1. The van der Waals surface area contributed by atoms with Gasteiger partial charge in [-0.1, -0.05) is 30.3 Å². The molecule has 1 atom stereocenters. The number of carbonyl (C=O) groups excluding carboxylic acids is 1. The highest BCUT2D eigenvalue weighted by atomic mass is 16.4. The molecule has 0 aliphatic rings. The SMILES string of the molecule is CCN(Cc1ccccc1)C(=O)CCC(N)C(=O)O. The minimum Gasteiger partial charge on any atom is -0.480 e.